The molecule has 24 heavy (non-hydrogen) atoms. The van der Waals surface area contributed by atoms with Crippen molar-refractivity contribution < 1.29 is 4.74 Å². The van der Waals surface area contributed by atoms with Crippen LogP contribution < -0.4 is 4.74 Å². The average Bonchev–Trinajstić information content (AvgIpc) is 2.51. The van der Waals surface area contributed by atoms with Gasteiger partial charge in [-0.3, -0.25) is 0 Å². The lowest BCUT2D eigenvalue weighted by atomic mass is 9.48. The van der Waals surface area contributed by atoms with E-state index in [-0.39, 0.29) is 0 Å². The van der Waals surface area contributed by atoms with Gasteiger partial charge in [0.15, 0.2) is 0 Å². The van der Waals surface area contributed by atoms with E-state index in [1.807, 2.05) is 0 Å². The van der Waals surface area contributed by atoms with Crippen LogP contribution in [0.15, 0.2) is 18.2 Å². The zero-order valence-electron chi connectivity index (χ0n) is 15.8. The van der Waals surface area contributed by atoms with E-state index in [1.165, 1.54) is 62.7 Å². The van der Waals surface area contributed by atoms with Crippen LogP contribution >= 0.6 is 0 Å². The summed E-state index contributed by atoms with van der Waals surface area (Å²) in [6, 6.07) is 6.96. The lowest BCUT2D eigenvalue weighted by Crippen LogP contribution is -2.48. The first-order valence-electron chi connectivity index (χ1n) is 10.3. The normalized spacial score (nSPS) is 34.1. The fourth-order valence-electron chi connectivity index (χ4n) is 6.30. The molecular weight excluding hydrogens is 292 g/mol. The minimum Gasteiger partial charge on any atom is -0.493 e. The van der Waals surface area contributed by atoms with Crippen molar-refractivity contribution in [3.05, 3.63) is 29.3 Å². The molecule has 4 fully saturated rings. The first-order valence-corrected chi connectivity index (χ1v) is 10.3. The molecular formula is C23H34O. The largest absolute Gasteiger partial charge is 0.493 e. The minimum absolute atomic E-state index is 0.439. The van der Waals surface area contributed by atoms with Crippen LogP contribution in [0.3, 0.4) is 0 Å². The predicted molar refractivity (Wildman–Crippen MR) is 101 cm³/mol. The molecule has 0 saturated heterocycles. The van der Waals surface area contributed by atoms with E-state index in [4.69, 9.17) is 4.74 Å². The summed E-state index contributed by atoms with van der Waals surface area (Å²) in [7, 11) is 0. The van der Waals surface area contributed by atoms with Crippen molar-refractivity contribution >= 4 is 0 Å². The Bertz CT molecular complexity index is 550. The van der Waals surface area contributed by atoms with Gasteiger partial charge in [-0.05, 0) is 93.4 Å². The van der Waals surface area contributed by atoms with Gasteiger partial charge in [-0.25, -0.2) is 0 Å². The molecule has 1 aromatic carbocycles. The Morgan fingerprint density at radius 1 is 1.04 bits per heavy atom. The Labute approximate surface area is 148 Å². The smallest absolute Gasteiger partial charge is 0.123 e. The van der Waals surface area contributed by atoms with E-state index >= 15 is 0 Å². The molecule has 1 heteroatoms. The maximum Gasteiger partial charge on any atom is 0.123 e. The summed E-state index contributed by atoms with van der Waals surface area (Å²) >= 11 is 0. The topological polar surface area (TPSA) is 9.23 Å². The lowest BCUT2D eigenvalue weighted by molar-refractivity contribution is -0.00643. The van der Waals surface area contributed by atoms with Gasteiger partial charge in [0, 0.05) is 5.56 Å². The van der Waals surface area contributed by atoms with E-state index in [9.17, 15) is 0 Å². The number of hydrogen-bond donors (Lipinski definition) is 0. The highest BCUT2D eigenvalue weighted by atomic mass is 16.5. The third-order valence-corrected chi connectivity index (χ3v) is 6.93. The van der Waals surface area contributed by atoms with Crippen LogP contribution in [0, 0.1) is 30.6 Å². The van der Waals surface area contributed by atoms with Crippen molar-refractivity contribution in [3.63, 3.8) is 0 Å². The van der Waals surface area contributed by atoms with Gasteiger partial charge in [0.1, 0.15) is 5.75 Å². The highest BCUT2D eigenvalue weighted by molar-refractivity contribution is 5.44. The highest BCUT2D eigenvalue weighted by Gasteiger charge is 2.52. The third-order valence-electron chi connectivity index (χ3n) is 6.93. The van der Waals surface area contributed by atoms with E-state index in [2.05, 4.69) is 39.0 Å². The molecule has 4 aliphatic rings. The first kappa shape index (κ1) is 16.5. The Morgan fingerprint density at radius 2 is 1.67 bits per heavy atom. The van der Waals surface area contributed by atoms with Crippen molar-refractivity contribution in [2.75, 3.05) is 6.61 Å². The molecule has 5 rings (SSSR count). The lowest BCUT2D eigenvalue weighted by Gasteiger charge is -2.57. The van der Waals surface area contributed by atoms with E-state index in [0.29, 0.717) is 5.41 Å². The first-order chi connectivity index (χ1) is 11.5. The van der Waals surface area contributed by atoms with Crippen LogP contribution in [0.1, 0.15) is 76.3 Å². The van der Waals surface area contributed by atoms with Gasteiger partial charge in [-0.1, -0.05) is 31.5 Å². The van der Waals surface area contributed by atoms with Crippen molar-refractivity contribution in [3.8, 4) is 5.75 Å². The molecule has 1 aromatic rings. The molecule has 4 aliphatic carbocycles. The standard InChI is InChI=1S/C23H34O/c1-16(2)5-4-8-24-22-7-6-17(3)9-21(22)23-13-18-10-19(14-23)12-20(11-18)15-23/h6-7,9,16,18-20H,4-5,8,10-15H2,1-3H3. The molecule has 0 unspecified atom stereocenters. The zero-order valence-corrected chi connectivity index (χ0v) is 15.8. The Kier molecular flexibility index (Phi) is 4.39. The summed E-state index contributed by atoms with van der Waals surface area (Å²) in [5.41, 5.74) is 3.40. The molecule has 0 N–H and O–H groups in total. The van der Waals surface area contributed by atoms with Crippen molar-refractivity contribution in [2.45, 2.75) is 77.6 Å². The summed E-state index contributed by atoms with van der Waals surface area (Å²) in [5.74, 6) is 4.95. The maximum absolute atomic E-state index is 6.33. The van der Waals surface area contributed by atoms with Gasteiger partial charge < -0.3 is 4.74 Å². The van der Waals surface area contributed by atoms with Gasteiger partial charge in [0.2, 0.25) is 0 Å². The maximum atomic E-state index is 6.33. The molecule has 0 aliphatic heterocycles. The van der Waals surface area contributed by atoms with Gasteiger partial charge >= 0.3 is 0 Å². The van der Waals surface area contributed by atoms with Crippen LogP contribution in [0.4, 0.5) is 0 Å². The molecule has 0 atom stereocenters. The van der Waals surface area contributed by atoms with Crippen LogP contribution in [-0.4, -0.2) is 6.61 Å². The Hall–Kier alpha value is -0.980. The fraction of sp³-hybridized carbons (Fsp3) is 0.739. The van der Waals surface area contributed by atoms with E-state index < -0.39 is 0 Å². The summed E-state index contributed by atoms with van der Waals surface area (Å²) in [6.45, 7) is 7.71. The average molecular weight is 327 g/mol. The zero-order chi connectivity index (χ0) is 16.7. The number of aryl methyl sites for hydroxylation is 1. The minimum atomic E-state index is 0.439. The molecule has 0 radical (unpaired) electrons. The second kappa shape index (κ2) is 6.39. The van der Waals surface area contributed by atoms with E-state index in [0.717, 1.165) is 30.3 Å². The van der Waals surface area contributed by atoms with Gasteiger partial charge in [-0.2, -0.15) is 0 Å². The molecule has 0 heterocycles. The predicted octanol–water partition coefficient (Wildman–Crippen LogP) is 6.28. The van der Waals surface area contributed by atoms with Crippen molar-refractivity contribution in [2.24, 2.45) is 23.7 Å². The van der Waals surface area contributed by atoms with Gasteiger partial charge in [0.25, 0.3) is 0 Å². The molecule has 132 valence electrons. The van der Waals surface area contributed by atoms with Crippen LogP contribution in [0.2, 0.25) is 0 Å². The number of rotatable bonds is 6. The van der Waals surface area contributed by atoms with E-state index in [1.54, 1.807) is 5.56 Å². The molecule has 4 bridgehead atoms. The SMILES string of the molecule is Cc1ccc(OCCCC(C)C)c(C23CC4CC(CC(C4)C2)C3)c1. The molecule has 0 amide bonds. The molecule has 1 nitrogen and oxygen atoms in total. The number of hydrogen-bond acceptors (Lipinski definition) is 1. The van der Waals surface area contributed by atoms with Gasteiger partial charge in [-0.15, -0.1) is 0 Å². The molecule has 0 aromatic heterocycles. The Balaban J connectivity index is 1.57. The fourth-order valence-corrected chi connectivity index (χ4v) is 6.30. The summed E-state index contributed by atoms with van der Waals surface area (Å²) in [5, 5.41) is 0. The van der Waals surface area contributed by atoms with Crippen LogP contribution in [0.5, 0.6) is 5.75 Å². The second-order valence-corrected chi connectivity index (χ2v) is 9.58. The third kappa shape index (κ3) is 3.11. The Morgan fingerprint density at radius 3 is 2.25 bits per heavy atom. The summed E-state index contributed by atoms with van der Waals surface area (Å²) in [4.78, 5) is 0. The van der Waals surface area contributed by atoms with Crippen molar-refractivity contribution in [1.29, 1.82) is 0 Å². The monoisotopic (exact) mass is 326 g/mol. The highest BCUT2D eigenvalue weighted by Crippen LogP contribution is 2.61. The summed E-state index contributed by atoms with van der Waals surface area (Å²) in [6.07, 6.45) is 11.2. The van der Waals surface area contributed by atoms with Crippen LogP contribution in [0.25, 0.3) is 0 Å². The quantitative estimate of drug-likeness (QED) is 0.559. The molecule has 4 saturated carbocycles. The van der Waals surface area contributed by atoms with Crippen LogP contribution in [-0.2, 0) is 5.41 Å². The van der Waals surface area contributed by atoms with Gasteiger partial charge in [0.05, 0.1) is 6.61 Å². The second-order valence-electron chi connectivity index (χ2n) is 9.58. The summed E-state index contributed by atoms with van der Waals surface area (Å²) < 4.78 is 6.33. The number of benzene rings is 1. The van der Waals surface area contributed by atoms with Crippen molar-refractivity contribution in [1.82, 2.24) is 0 Å². The number of ether oxygens (including phenoxy) is 1. The molecule has 0 spiro atoms.